The topological polar surface area (TPSA) is 113 Å². The van der Waals surface area contributed by atoms with Crippen molar-refractivity contribution in [2.24, 2.45) is 5.92 Å². The molecule has 0 bridgehead atoms. The smallest absolute Gasteiger partial charge is 0.274 e. The second-order valence-corrected chi connectivity index (χ2v) is 10.4. The number of fused-ring (bicyclic) bond motifs is 1. The van der Waals surface area contributed by atoms with Crippen LogP contribution >= 0.6 is 11.3 Å². The van der Waals surface area contributed by atoms with Crippen LogP contribution in [-0.2, 0) is 4.79 Å². The number of aromatic nitrogens is 4. The fourth-order valence-electron chi connectivity index (χ4n) is 4.62. The monoisotopic (exact) mass is 479 g/mol. The van der Waals surface area contributed by atoms with Gasteiger partial charge in [0.25, 0.3) is 5.91 Å². The van der Waals surface area contributed by atoms with Gasteiger partial charge in [-0.1, -0.05) is 25.3 Å². The molecule has 5 rings (SSSR count). The van der Waals surface area contributed by atoms with E-state index in [4.69, 9.17) is 0 Å². The van der Waals surface area contributed by atoms with Crippen LogP contribution in [0.1, 0.15) is 66.1 Å². The number of aryl methyl sites for hydroxylation is 1. The molecule has 3 aromatic heterocycles. The van der Waals surface area contributed by atoms with Gasteiger partial charge in [0.15, 0.2) is 11.3 Å². The summed E-state index contributed by atoms with van der Waals surface area (Å²) in [6, 6.07) is 3.77. The van der Waals surface area contributed by atoms with E-state index >= 15 is 0 Å². The fourth-order valence-corrected chi connectivity index (χ4v) is 5.46. The highest BCUT2D eigenvalue weighted by molar-refractivity contribution is 7.18. The number of anilines is 1. The molecule has 0 aromatic carbocycles. The molecule has 3 aromatic rings. The average Bonchev–Trinajstić information content (AvgIpc) is 3.21. The van der Waals surface area contributed by atoms with Gasteiger partial charge in [0, 0.05) is 31.4 Å². The molecule has 4 heterocycles. The van der Waals surface area contributed by atoms with Crippen molar-refractivity contribution in [3.8, 4) is 0 Å². The van der Waals surface area contributed by atoms with Crippen molar-refractivity contribution in [3.05, 3.63) is 40.8 Å². The van der Waals surface area contributed by atoms with Crippen molar-refractivity contribution in [1.29, 1.82) is 0 Å². The minimum atomic E-state index is -0.156. The summed E-state index contributed by atoms with van der Waals surface area (Å²) in [5, 5.41) is 7.23. The maximum Gasteiger partial charge on any atom is 0.274 e. The van der Waals surface area contributed by atoms with E-state index in [1.807, 2.05) is 26.0 Å². The first kappa shape index (κ1) is 22.6. The number of likely N-dealkylation sites (tertiary alicyclic amines) is 1. The summed E-state index contributed by atoms with van der Waals surface area (Å²) in [7, 11) is 0. The number of amides is 2. The first-order valence-corrected chi connectivity index (χ1v) is 12.7. The minimum absolute atomic E-state index is 0.00194. The van der Waals surface area contributed by atoms with Gasteiger partial charge in [-0.3, -0.25) is 14.6 Å². The van der Waals surface area contributed by atoms with E-state index in [1.54, 1.807) is 17.3 Å². The maximum absolute atomic E-state index is 13.4. The largest absolute Gasteiger partial charge is 0.350 e. The standard InChI is InChI=1S/C24H29N7O2S/c1-14(17-9-6-10-25-11-17)26-24-29-19(20-21(30-24)27-15(2)34-20)23(33)31-12-18(13-31)28-22(32)16-7-4-3-5-8-16/h6,9-11,14,16,18H,3-5,7-8,12-13H2,1-2H3,(H,28,32)(H,26,29,30)/t14-/m0/s1. The second-order valence-electron chi connectivity index (χ2n) is 9.18. The van der Waals surface area contributed by atoms with E-state index < -0.39 is 0 Å². The van der Waals surface area contributed by atoms with Gasteiger partial charge < -0.3 is 15.5 Å². The molecule has 34 heavy (non-hydrogen) atoms. The number of rotatable bonds is 6. The number of nitrogens with one attached hydrogen (secondary N) is 2. The Labute approximate surface area is 202 Å². The molecule has 1 aliphatic heterocycles. The Morgan fingerprint density at radius 3 is 2.68 bits per heavy atom. The van der Waals surface area contributed by atoms with Crippen LogP contribution in [0.2, 0.25) is 0 Å². The van der Waals surface area contributed by atoms with Crippen molar-refractivity contribution in [2.45, 2.75) is 58.0 Å². The van der Waals surface area contributed by atoms with E-state index in [9.17, 15) is 9.59 Å². The number of nitrogens with zero attached hydrogens (tertiary/aromatic N) is 5. The van der Waals surface area contributed by atoms with Gasteiger partial charge in [0.2, 0.25) is 11.9 Å². The van der Waals surface area contributed by atoms with Crippen molar-refractivity contribution >= 4 is 39.4 Å². The van der Waals surface area contributed by atoms with Gasteiger partial charge in [0.1, 0.15) is 4.70 Å². The van der Waals surface area contributed by atoms with Crippen molar-refractivity contribution in [2.75, 3.05) is 18.4 Å². The molecule has 0 unspecified atom stereocenters. The SMILES string of the molecule is Cc1nc2nc(N[C@@H](C)c3cccnc3)nc(C(=O)N3CC(NC(=O)C4CCCCC4)C3)c2s1. The zero-order chi connectivity index (χ0) is 23.7. The fraction of sp³-hybridized carbons (Fsp3) is 0.500. The zero-order valence-corrected chi connectivity index (χ0v) is 20.3. The summed E-state index contributed by atoms with van der Waals surface area (Å²) in [6.45, 7) is 4.88. The van der Waals surface area contributed by atoms with Gasteiger partial charge in [-0.15, -0.1) is 11.3 Å². The Kier molecular flexibility index (Phi) is 6.40. The molecule has 1 atom stereocenters. The van der Waals surface area contributed by atoms with Gasteiger partial charge in [-0.2, -0.15) is 4.98 Å². The van der Waals surface area contributed by atoms with Crippen LogP contribution in [0.3, 0.4) is 0 Å². The summed E-state index contributed by atoms with van der Waals surface area (Å²) in [5.74, 6) is 0.460. The van der Waals surface area contributed by atoms with Crippen LogP contribution in [0.25, 0.3) is 10.3 Å². The molecule has 178 valence electrons. The number of pyridine rings is 1. The Morgan fingerprint density at radius 2 is 1.94 bits per heavy atom. The Hall–Kier alpha value is -3.14. The van der Waals surface area contributed by atoms with Crippen LogP contribution in [0.5, 0.6) is 0 Å². The quantitative estimate of drug-likeness (QED) is 0.556. The lowest BCUT2D eigenvalue weighted by Gasteiger charge is -2.40. The summed E-state index contributed by atoms with van der Waals surface area (Å²) >= 11 is 1.42. The number of thiazole rings is 1. The highest BCUT2D eigenvalue weighted by atomic mass is 32.1. The zero-order valence-electron chi connectivity index (χ0n) is 19.5. The van der Waals surface area contributed by atoms with E-state index in [2.05, 4.69) is 30.6 Å². The van der Waals surface area contributed by atoms with Crippen LogP contribution in [-0.4, -0.2) is 55.8 Å². The Balaban J connectivity index is 1.29. The highest BCUT2D eigenvalue weighted by Gasteiger charge is 2.35. The van der Waals surface area contributed by atoms with Crippen LogP contribution in [0.4, 0.5) is 5.95 Å². The molecule has 0 radical (unpaired) electrons. The normalized spacial score (nSPS) is 17.9. The van der Waals surface area contributed by atoms with Gasteiger partial charge in [-0.25, -0.2) is 9.97 Å². The second kappa shape index (κ2) is 9.61. The van der Waals surface area contributed by atoms with Crippen molar-refractivity contribution < 1.29 is 9.59 Å². The lowest BCUT2D eigenvalue weighted by molar-refractivity contribution is -0.127. The Bertz CT molecular complexity index is 1190. The maximum atomic E-state index is 13.4. The molecule has 2 amide bonds. The van der Waals surface area contributed by atoms with E-state index in [-0.39, 0.29) is 29.8 Å². The number of carbonyl (C=O) groups is 2. The summed E-state index contributed by atoms with van der Waals surface area (Å²) in [5.41, 5.74) is 1.87. The molecule has 1 aliphatic carbocycles. The summed E-state index contributed by atoms with van der Waals surface area (Å²) in [4.78, 5) is 45.4. The lowest BCUT2D eigenvalue weighted by Crippen LogP contribution is -2.61. The molecule has 1 saturated heterocycles. The van der Waals surface area contributed by atoms with E-state index in [1.165, 1.54) is 17.8 Å². The van der Waals surface area contributed by atoms with Crippen LogP contribution in [0.15, 0.2) is 24.5 Å². The number of hydrogen-bond acceptors (Lipinski definition) is 8. The third-order valence-electron chi connectivity index (χ3n) is 6.58. The first-order valence-electron chi connectivity index (χ1n) is 11.9. The predicted molar refractivity (Wildman–Crippen MR) is 131 cm³/mol. The number of carbonyl (C=O) groups excluding carboxylic acids is 2. The van der Waals surface area contributed by atoms with E-state index in [0.29, 0.717) is 35.1 Å². The highest BCUT2D eigenvalue weighted by Crippen LogP contribution is 2.28. The Morgan fingerprint density at radius 1 is 1.15 bits per heavy atom. The minimum Gasteiger partial charge on any atom is -0.350 e. The predicted octanol–water partition coefficient (Wildman–Crippen LogP) is 3.48. The first-order chi connectivity index (χ1) is 16.5. The molecular weight excluding hydrogens is 450 g/mol. The molecule has 2 fully saturated rings. The molecule has 2 aliphatic rings. The van der Waals surface area contributed by atoms with Gasteiger partial charge in [0.05, 0.1) is 17.1 Å². The summed E-state index contributed by atoms with van der Waals surface area (Å²) < 4.78 is 0.691. The third-order valence-corrected chi connectivity index (χ3v) is 7.55. The molecule has 2 N–H and O–H groups in total. The number of hydrogen-bond donors (Lipinski definition) is 2. The molecule has 10 heteroatoms. The molecule has 0 spiro atoms. The molecular formula is C24H29N7O2S. The lowest BCUT2D eigenvalue weighted by atomic mass is 9.88. The average molecular weight is 480 g/mol. The molecule has 1 saturated carbocycles. The van der Waals surface area contributed by atoms with Crippen LogP contribution in [0, 0.1) is 12.8 Å². The van der Waals surface area contributed by atoms with Crippen LogP contribution < -0.4 is 10.6 Å². The van der Waals surface area contributed by atoms with Gasteiger partial charge in [-0.05, 0) is 38.3 Å². The third kappa shape index (κ3) is 4.72. The summed E-state index contributed by atoms with van der Waals surface area (Å²) in [6.07, 6.45) is 8.93. The van der Waals surface area contributed by atoms with E-state index in [0.717, 1.165) is 36.3 Å². The van der Waals surface area contributed by atoms with Gasteiger partial charge >= 0.3 is 0 Å². The van der Waals surface area contributed by atoms with Crippen molar-refractivity contribution in [3.63, 3.8) is 0 Å². The van der Waals surface area contributed by atoms with Crippen molar-refractivity contribution in [1.82, 2.24) is 30.2 Å². The molecule has 9 nitrogen and oxygen atoms in total.